The minimum Gasteiger partial charge on any atom is -0.490 e. The number of rotatable bonds is 3. The molecule has 2 unspecified atom stereocenters. The lowest BCUT2D eigenvalue weighted by Crippen LogP contribution is -2.48. The van der Waals surface area contributed by atoms with Crippen LogP contribution >= 0.6 is 15.9 Å². The predicted octanol–water partition coefficient (Wildman–Crippen LogP) is 3.98. The van der Waals surface area contributed by atoms with Gasteiger partial charge < -0.3 is 14.6 Å². The van der Waals surface area contributed by atoms with Crippen molar-refractivity contribution in [3.05, 3.63) is 28.2 Å². The topological polar surface area (TPSA) is 38.7 Å². The first-order valence-corrected chi connectivity index (χ1v) is 8.15. The van der Waals surface area contributed by atoms with E-state index in [1.165, 1.54) is 6.42 Å². The van der Waals surface area contributed by atoms with Crippen LogP contribution in [0.3, 0.4) is 0 Å². The molecule has 2 atom stereocenters. The van der Waals surface area contributed by atoms with Crippen LogP contribution < -0.4 is 4.74 Å². The number of aliphatic hydroxyl groups excluding tert-OH is 1. The molecule has 3 rings (SSSR count). The van der Waals surface area contributed by atoms with E-state index in [-0.39, 0.29) is 11.7 Å². The van der Waals surface area contributed by atoms with Crippen LogP contribution in [0.1, 0.15) is 50.7 Å². The van der Waals surface area contributed by atoms with Gasteiger partial charge in [-0.05, 0) is 44.4 Å². The molecule has 0 amide bonds. The molecule has 1 N–H and O–H groups in total. The molecule has 1 heterocycles. The van der Waals surface area contributed by atoms with Crippen molar-refractivity contribution >= 4 is 15.9 Å². The number of benzene rings is 1. The Morgan fingerprint density at radius 2 is 2.25 bits per heavy atom. The van der Waals surface area contributed by atoms with Crippen molar-refractivity contribution in [1.82, 2.24) is 0 Å². The molecule has 110 valence electrons. The van der Waals surface area contributed by atoms with Crippen LogP contribution in [0.15, 0.2) is 22.7 Å². The van der Waals surface area contributed by atoms with Gasteiger partial charge in [0.1, 0.15) is 11.9 Å². The van der Waals surface area contributed by atoms with E-state index in [9.17, 15) is 5.11 Å². The second kappa shape index (κ2) is 5.66. The molecule has 0 aromatic heterocycles. The summed E-state index contributed by atoms with van der Waals surface area (Å²) in [6.07, 6.45) is 5.17. The third kappa shape index (κ3) is 2.87. The summed E-state index contributed by atoms with van der Waals surface area (Å²) in [6, 6.07) is 5.83. The Bertz CT molecular complexity index is 483. The molecule has 1 saturated carbocycles. The summed E-state index contributed by atoms with van der Waals surface area (Å²) in [6.45, 7) is 2.55. The summed E-state index contributed by atoms with van der Waals surface area (Å²) >= 11 is 3.44. The van der Waals surface area contributed by atoms with E-state index in [0.29, 0.717) is 0 Å². The molecule has 1 aliphatic carbocycles. The third-order valence-electron chi connectivity index (χ3n) is 4.43. The first-order chi connectivity index (χ1) is 9.58. The van der Waals surface area contributed by atoms with Gasteiger partial charge in [-0.15, -0.1) is 0 Å². The zero-order valence-corrected chi connectivity index (χ0v) is 13.4. The Morgan fingerprint density at radius 1 is 1.45 bits per heavy atom. The molecule has 3 nitrogen and oxygen atoms in total. The highest BCUT2D eigenvalue weighted by Gasteiger charge is 2.43. The number of ether oxygens (including phenoxy) is 2. The standard InChI is InChI=1S/C16H21BrO3/c1-11(18)14-9-12(17)3-4-15(14)20-13-5-8-19-16(10-13)6-2-7-16/h3-4,9,11,13,18H,2,5-8,10H2,1H3. The van der Waals surface area contributed by atoms with Gasteiger partial charge in [0.2, 0.25) is 0 Å². The van der Waals surface area contributed by atoms with Gasteiger partial charge in [-0.2, -0.15) is 0 Å². The highest BCUT2D eigenvalue weighted by Crippen LogP contribution is 2.43. The number of halogens is 1. The molecule has 2 aliphatic rings. The smallest absolute Gasteiger partial charge is 0.125 e. The molecule has 1 aliphatic heterocycles. The molecular formula is C16H21BrO3. The van der Waals surface area contributed by atoms with E-state index in [1.807, 2.05) is 18.2 Å². The van der Waals surface area contributed by atoms with Crippen LogP contribution in [0, 0.1) is 0 Å². The predicted molar refractivity (Wildman–Crippen MR) is 81.0 cm³/mol. The Kier molecular flexibility index (Phi) is 4.07. The summed E-state index contributed by atoms with van der Waals surface area (Å²) in [5.74, 6) is 0.796. The second-order valence-corrected chi connectivity index (χ2v) is 6.89. The van der Waals surface area contributed by atoms with Crippen LogP contribution in [0.4, 0.5) is 0 Å². The van der Waals surface area contributed by atoms with Crippen LogP contribution in [0.5, 0.6) is 5.75 Å². The Balaban J connectivity index is 1.74. The quantitative estimate of drug-likeness (QED) is 0.904. The van der Waals surface area contributed by atoms with Gasteiger partial charge in [-0.1, -0.05) is 15.9 Å². The fraction of sp³-hybridized carbons (Fsp3) is 0.625. The van der Waals surface area contributed by atoms with Gasteiger partial charge in [-0.3, -0.25) is 0 Å². The SMILES string of the molecule is CC(O)c1cc(Br)ccc1OC1CCOC2(CCC2)C1. The average Bonchev–Trinajstić information content (AvgIpc) is 2.39. The highest BCUT2D eigenvalue weighted by molar-refractivity contribution is 9.10. The van der Waals surface area contributed by atoms with Gasteiger partial charge in [0, 0.05) is 22.9 Å². The van der Waals surface area contributed by atoms with E-state index in [4.69, 9.17) is 9.47 Å². The zero-order valence-electron chi connectivity index (χ0n) is 11.8. The maximum absolute atomic E-state index is 9.89. The minimum absolute atomic E-state index is 0.0866. The summed E-state index contributed by atoms with van der Waals surface area (Å²) in [4.78, 5) is 0. The lowest BCUT2D eigenvalue weighted by molar-refractivity contribution is -0.153. The van der Waals surface area contributed by atoms with Crippen LogP contribution in [-0.4, -0.2) is 23.4 Å². The van der Waals surface area contributed by atoms with E-state index in [1.54, 1.807) is 6.92 Å². The summed E-state index contributed by atoms with van der Waals surface area (Å²) in [7, 11) is 0. The molecule has 0 radical (unpaired) electrons. The van der Waals surface area contributed by atoms with Crippen LogP contribution in [0.2, 0.25) is 0 Å². The average molecular weight is 341 g/mol. The normalized spacial score (nSPS) is 26.1. The van der Waals surface area contributed by atoms with Crippen molar-refractivity contribution in [3.8, 4) is 5.75 Å². The van der Waals surface area contributed by atoms with Gasteiger partial charge in [-0.25, -0.2) is 0 Å². The van der Waals surface area contributed by atoms with E-state index in [0.717, 1.165) is 48.1 Å². The molecule has 0 bridgehead atoms. The number of aliphatic hydroxyl groups is 1. The molecule has 20 heavy (non-hydrogen) atoms. The first-order valence-electron chi connectivity index (χ1n) is 7.36. The van der Waals surface area contributed by atoms with Gasteiger partial charge in [0.05, 0.1) is 18.3 Å². The fourth-order valence-electron chi connectivity index (χ4n) is 3.14. The number of hydrogen-bond acceptors (Lipinski definition) is 3. The summed E-state index contributed by atoms with van der Waals surface area (Å²) in [5, 5.41) is 9.89. The lowest BCUT2D eigenvalue weighted by atomic mass is 9.74. The van der Waals surface area contributed by atoms with Gasteiger partial charge in [0.25, 0.3) is 0 Å². The van der Waals surface area contributed by atoms with Crippen molar-refractivity contribution in [2.24, 2.45) is 0 Å². The van der Waals surface area contributed by atoms with Crippen LogP contribution in [-0.2, 0) is 4.74 Å². The summed E-state index contributed by atoms with van der Waals surface area (Å²) < 4.78 is 13.1. The monoisotopic (exact) mass is 340 g/mol. The van der Waals surface area contributed by atoms with Gasteiger partial charge in [0.15, 0.2) is 0 Å². The molecule has 1 aromatic carbocycles. The van der Waals surface area contributed by atoms with Crippen molar-refractivity contribution in [3.63, 3.8) is 0 Å². The maximum Gasteiger partial charge on any atom is 0.125 e. The Labute approximate surface area is 128 Å². The van der Waals surface area contributed by atoms with Crippen molar-refractivity contribution in [1.29, 1.82) is 0 Å². The van der Waals surface area contributed by atoms with Crippen molar-refractivity contribution in [2.75, 3.05) is 6.61 Å². The minimum atomic E-state index is -0.528. The molecule has 1 spiro atoms. The number of hydrogen-bond donors (Lipinski definition) is 1. The fourth-order valence-corrected chi connectivity index (χ4v) is 3.51. The molecular weight excluding hydrogens is 320 g/mol. The summed E-state index contributed by atoms with van der Waals surface area (Å²) in [5.41, 5.74) is 0.928. The maximum atomic E-state index is 9.89. The van der Waals surface area contributed by atoms with Gasteiger partial charge >= 0.3 is 0 Å². The molecule has 2 fully saturated rings. The Morgan fingerprint density at radius 3 is 2.90 bits per heavy atom. The van der Waals surface area contributed by atoms with E-state index in [2.05, 4.69) is 15.9 Å². The molecule has 4 heteroatoms. The second-order valence-electron chi connectivity index (χ2n) is 5.98. The molecule has 1 saturated heterocycles. The van der Waals surface area contributed by atoms with Crippen molar-refractivity contribution in [2.45, 2.75) is 56.8 Å². The largest absolute Gasteiger partial charge is 0.490 e. The van der Waals surface area contributed by atoms with E-state index < -0.39 is 6.10 Å². The van der Waals surface area contributed by atoms with E-state index >= 15 is 0 Å². The lowest BCUT2D eigenvalue weighted by Gasteiger charge is -2.47. The highest BCUT2D eigenvalue weighted by atomic mass is 79.9. The Hall–Kier alpha value is -0.580. The van der Waals surface area contributed by atoms with Crippen LogP contribution in [0.25, 0.3) is 0 Å². The first kappa shape index (κ1) is 14.4. The van der Waals surface area contributed by atoms with Crippen molar-refractivity contribution < 1.29 is 14.6 Å². The zero-order chi connectivity index (χ0) is 14.2. The molecule has 1 aromatic rings. The third-order valence-corrected chi connectivity index (χ3v) is 4.92.